The van der Waals surface area contributed by atoms with E-state index in [4.69, 9.17) is 18.7 Å². The molecule has 0 radical (unpaired) electrons. The van der Waals surface area contributed by atoms with Gasteiger partial charge in [-0.1, -0.05) is 17.3 Å². The number of methoxy groups -OCH3 is 1. The first-order chi connectivity index (χ1) is 15.2. The van der Waals surface area contributed by atoms with Gasteiger partial charge in [0.25, 0.3) is 5.91 Å². The fraction of sp³-hybridized carbons (Fsp3) is 0.348. The molecule has 8 heteroatoms. The van der Waals surface area contributed by atoms with Crippen LogP contribution in [0.4, 0.5) is 0 Å². The molecule has 0 bridgehead atoms. The van der Waals surface area contributed by atoms with Crippen molar-refractivity contribution >= 4 is 5.91 Å². The van der Waals surface area contributed by atoms with E-state index < -0.39 is 0 Å². The Kier molecular flexibility index (Phi) is 5.19. The number of piperidine rings is 1. The first kappa shape index (κ1) is 19.4. The Labute approximate surface area is 179 Å². The number of nitrogens with zero attached hydrogens (tertiary/aromatic N) is 3. The highest BCUT2D eigenvalue weighted by molar-refractivity contribution is 5.95. The van der Waals surface area contributed by atoms with Crippen LogP contribution in [0.3, 0.4) is 0 Å². The SMILES string of the molecule is COc1cccc(-c2noc(CC3CCN(C(=O)c4ccc5c(c4)OCO5)CC3)n2)c1. The Morgan fingerprint density at radius 2 is 1.97 bits per heavy atom. The van der Waals surface area contributed by atoms with Gasteiger partial charge < -0.3 is 23.6 Å². The van der Waals surface area contributed by atoms with Crippen LogP contribution in [0.1, 0.15) is 29.1 Å². The molecule has 0 unspecified atom stereocenters. The van der Waals surface area contributed by atoms with Crippen LogP contribution in [-0.2, 0) is 6.42 Å². The third-order valence-electron chi connectivity index (χ3n) is 5.78. The lowest BCUT2D eigenvalue weighted by atomic mass is 9.93. The number of likely N-dealkylation sites (tertiary alicyclic amines) is 1. The van der Waals surface area contributed by atoms with Crippen LogP contribution in [0.5, 0.6) is 17.2 Å². The van der Waals surface area contributed by atoms with Crippen LogP contribution in [-0.4, -0.2) is 47.9 Å². The zero-order valence-corrected chi connectivity index (χ0v) is 17.2. The molecule has 5 rings (SSSR count). The third-order valence-corrected chi connectivity index (χ3v) is 5.78. The molecule has 0 saturated carbocycles. The second-order valence-corrected chi connectivity index (χ2v) is 7.75. The van der Waals surface area contributed by atoms with Gasteiger partial charge in [-0.3, -0.25) is 4.79 Å². The molecule has 3 heterocycles. The Bertz CT molecular complexity index is 1090. The van der Waals surface area contributed by atoms with Crippen LogP contribution in [0.25, 0.3) is 11.4 Å². The molecule has 1 aromatic heterocycles. The average molecular weight is 421 g/mol. The van der Waals surface area contributed by atoms with Crippen molar-refractivity contribution in [1.29, 1.82) is 0 Å². The monoisotopic (exact) mass is 421 g/mol. The van der Waals surface area contributed by atoms with Crippen LogP contribution in [0.2, 0.25) is 0 Å². The topological polar surface area (TPSA) is 86.9 Å². The summed E-state index contributed by atoms with van der Waals surface area (Å²) in [5.74, 6) is 3.67. The van der Waals surface area contributed by atoms with Crippen molar-refractivity contribution in [1.82, 2.24) is 15.0 Å². The summed E-state index contributed by atoms with van der Waals surface area (Å²) >= 11 is 0. The molecule has 1 fully saturated rings. The summed E-state index contributed by atoms with van der Waals surface area (Å²) in [5, 5.41) is 4.11. The minimum absolute atomic E-state index is 0.0230. The number of carbonyl (C=O) groups excluding carboxylic acids is 1. The molecule has 0 atom stereocenters. The number of benzene rings is 2. The lowest BCUT2D eigenvalue weighted by Crippen LogP contribution is -2.38. The summed E-state index contributed by atoms with van der Waals surface area (Å²) < 4.78 is 21.4. The lowest BCUT2D eigenvalue weighted by molar-refractivity contribution is 0.0687. The van der Waals surface area contributed by atoms with Crippen LogP contribution < -0.4 is 14.2 Å². The molecule has 0 N–H and O–H groups in total. The van der Waals surface area contributed by atoms with Gasteiger partial charge in [0.1, 0.15) is 5.75 Å². The third kappa shape index (κ3) is 4.05. The fourth-order valence-electron chi connectivity index (χ4n) is 4.02. The van der Waals surface area contributed by atoms with E-state index >= 15 is 0 Å². The maximum absolute atomic E-state index is 12.9. The van der Waals surface area contributed by atoms with E-state index in [1.54, 1.807) is 25.3 Å². The summed E-state index contributed by atoms with van der Waals surface area (Å²) in [7, 11) is 1.63. The predicted octanol–water partition coefficient (Wildman–Crippen LogP) is 3.57. The van der Waals surface area contributed by atoms with Crippen molar-refractivity contribution in [3.05, 3.63) is 53.9 Å². The van der Waals surface area contributed by atoms with E-state index in [-0.39, 0.29) is 12.7 Å². The van der Waals surface area contributed by atoms with Crippen molar-refractivity contribution in [2.45, 2.75) is 19.3 Å². The average Bonchev–Trinajstić information content (AvgIpc) is 3.48. The zero-order valence-electron chi connectivity index (χ0n) is 17.2. The number of rotatable bonds is 5. The summed E-state index contributed by atoms with van der Waals surface area (Å²) in [6.07, 6.45) is 2.50. The van der Waals surface area contributed by atoms with Crippen molar-refractivity contribution in [3.8, 4) is 28.6 Å². The van der Waals surface area contributed by atoms with E-state index in [9.17, 15) is 4.79 Å². The molecule has 0 spiro atoms. The first-order valence-corrected chi connectivity index (χ1v) is 10.4. The molecular formula is C23H23N3O5. The molecular weight excluding hydrogens is 398 g/mol. The molecule has 2 aliphatic heterocycles. The fourth-order valence-corrected chi connectivity index (χ4v) is 4.02. The molecule has 31 heavy (non-hydrogen) atoms. The standard InChI is InChI=1S/C23H23N3O5/c1-28-18-4-2-3-16(12-18)22-24-21(31-25-22)11-15-7-9-26(10-8-15)23(27)17-5-6-19-20(13-17)30-14-29-19/h2-6,12-13,15H,7-11,14H2,1H3. The summed E-state index contributed by atoms with van der Waals surface area (Å²) in [5.41, 5.74) is 1.49. The molecule has 3 aromatic rings. The summed E-state index contributed by atoms with van der Waals surface area (Å²) in [6.45, 7) is 1.61. The Morgan fingerprint density at radius 3 is 2.81 bits per heavy atom. The number of aromatic nitrogens is 2. The molecule has 1 saturated heterocycles. The quantitative estimate of drug-likeness (QED) is 0.622. The van der Waals surface area contributed by atoms with Gasteiger partial charge in [-0.05, 0) is 49.1 Å². The molecule has 0 aliphatic carbocycles. The van der Waals surface area contributed by atoms with E-state index in [0.29, 0.717) is 54.2 Å². The highest BCUT2D eigenvalue weighted by Crippen LogP contribution is 2.33. The van der Waals surface area contributed by atoms with Gasteiger partial charge in [0, 0.05) is 30.6 Å². The van der Waals surface area contributed by atoms with Crippen molar-refractivity contribution < 1.29 is 23.5 Å². The molecule has 8 nitrogen and oxygen atoms in total. The first-order valence-electron chi connectivity index (χ1n) is 10.4. The predicted molar refractivity (Wildman–Crippen MR) is 111 cm³/mol. The van der Waals surface area contributed by atoms with Gasteiger partial charge >= 0.3 is 0 Å². The van der Waals surface area contributed by atoms with Gasteiger partial charge in [-0.25, -0.2) is 0 Å². The summed E-state index contributed by atoms with van der Waals surface area (Å²) in [4.78, 5) is 19.3. The number of carbonyl (C=O) groups is 1. The minimum Gasteiger partial charge on any atom is -0.497 e. The highest BCUT2D eigenvalue weighted by Gasteiger charge is 2.26. The number of fused-ring (bicyclic) bond motifs is 1. The second kappa shape index (κ2) is 8.29. The number of ether oxygens (including phenoxy) is 3. The maximum atomic E-state index is 12.9. The highest BCUT2D eigenvalue weighted by atomic mass is 16.7. The van der Waals surface area contributed by atoms with Gasteiger partial charge in [0.15, 0.2) is 11.5 Å². The van der Waals surface area contributed by atoms with E-state index in [1.807, 2.05) is 29.2 Å². The van der Waals surface area contributed by atoms with Gasteiger partial charge in [-0.15, -0.1) is 0 Å². The largest absolute Gasteiger partial charge is 0.497 e. The summed E-state index contributed by atoms with van der Waals surface area (Å²) in [6, 6.07) is 12.9. The number of amides is 1. The van der Waals surface area contributed by atoms with Crippen LogP contribution in [0, 0.1) is 5.92 Å². The Morgan fingerprint density at radius 1 is 1.13 bits per heavy atom. The van der Waals surface area contributed by atoms with E-state index in [0.717, 1.165) is 24.2 Å². The number of hydrogen-bond donors (Lipinski definition) is 0. The van der Waals surface area contributed by atoms with Crippen molar-refractivity contribution in [2.75, 3.05) is 27.0 Å². The van der Waals surface area contributed by atoms with Crippen molar-refractivity contribution in [2.24, 2.45) is 5.92 Å². The molecule has 2 aliphatic rings. The normalized spacial score (nSPS) is 15.8. The minimum atomic E-state index is 0.0230. The van der Waals surface area contributed by atoms with Gasteiger partial charge in [0.05, 0.1) is 7.11 Å². The second-order valence-electron chi connectivity index (χ2n) is 7.75. The lowest BCUT2D eigenvalue weighted by Gasteiger charge is -2.31. The van der Waals surface area contributed by atoms with E-state index in [2.05, 4.69) is 10.1 Å². The molecule has 2 aromatic carbocycles. The van der Waals surface area contributed by atoms with Crippen molar-refractivity contribution in [3.63, 3.8) is 0 Å². The molecule has 160 valence electrons. The van der Waals surface area contributed by atoms with Crippen LogP contribution in [0.15, 0.2) is 47.0 Å². The van der Waals surface area contributed by atoms with Gasteiger partial charge in [-0.2, -0.15) is 4.98 Å². The molecule has 1 amide bonds. The smallest absolute Gasteiger partial charge is 0.253 e. The van der Waals surface area contributed by atoms with Crippen LogP contribution >= 0.6 is 0 Å². The van der Waals surface area contributed by atoms with Gasteiger partial charge in [0.2, 0.25) is 18.5 Å². The Balaban J connectivity index is 1.18. The zero-order chi connectivity index (χ0) is 21.2. The van der Waals surface area contributed by atoms with E-state index in [1.165, 1.54) is 0 Å². The maximum Gasteiger partial charge on any atom is 0.253 e. The number of hydrogen-bond acceptors (Lipinski definition) is 7. The Hall–Kier alpha value is -3.55.